The molecule has 0 radical (unpaired) electrons. The third kappa shape index (κ3) is 4.50. The summed E-state index contributed by atoms with van der Waals surface area (Å²) in [5.74, 6) is 2.78. The highest BCUT2D eigenvalue weighted by Crippen LogP contribution is 2.36. The predicted octanol–water partition coefficient (Wildman–Crippen LogP) is 4.77. The standard InChI is InChI=1S/C26H35N5O/c1-19-22-12-8-15-30(18-21-11-4-6-14-27-21)26(22)29-25(28-19)23-13-5-7-16-31(23)24(32)17-20-9-2-3-10-20/h4,6,11,14,20,23H,2-3,5,7-10,12-13,15-18H2,1H3/t23-/m1/s1. The lowest BCUT2D eigenvalue weighted by Crippen LogP contribution is -2.40. The van der Waals surface area contributed by atoms with Crippen molar-refractivity contribution in [1.29, 1.82) is 0 Å². The van der Waals surface area contributed by atoms with E-state index in [0.717, 1.165) is 74.8 Å². The van der Waals surface area contributed by atoms with Crippen molar-refractivity contribution in [2.45, 2.75) is 83.7 Å². The number of carbonyl (C=O) groups is 1. The Morgan fingerprint density at radius 3 is 2.69 bits per heavy atom. The number of aromatic nitrogens is 3. The van der Waals surface area contributed by atoms with Crippen LogP contribution >= 0.6 is 0 Å². The van der Waals surface area contributed by atoms with Crippen LogP contribution in [0, 0.1) is 12.8 Å². The summed E-state index contributed by atoms with van der Waals surface area (Å²) in [4.78, 5) is 32.4. The summed E-state index contributed by atoms with van der Waals surface area (Å²) in [5, 5.41) is 0. The van der Waals surface area contributed by atoms with E-state index in [1.165, 1.54) is 31.2 Å². The smallest absolute Gasteiger partial charge is 0.223 e. The van der Waals surface area contributed by atoms with Gasteiger partial charge in [-0.1, -0.05) is 18.9 Å². The maximum atomic E-state index is 13.3. The zero-order valence-corrected chi connectivity index (χ0v) is 19.3. The van der Waals surface area contributed by atoms with Gasteiger partial charge in [-0.2, -0.15) is 0 Å². The van der Waals surface area contributed by atoms with Crippen LogP contribution in [-0.4, -0.2) is 38.8 Å². The molecule has 0 spiro atoms. The Morgan fingerprint density at radius 2 is 1.88 bits per heavy atom. The highest BCUT2D eigenvalue weighted by Gasteiger charge is 2.33. The molecule has 2 fully saturated rings. The Morgan fingerprint density at radius 1 is 1.03 bits per heavy atom. The van der Waals surface area contributed by atoms with E-state index in [1.54, 1.807) is 0 Å². The van der Waals surface area contributed by atoms with Crippen LogP contribution in [0.1, 0.15) is 86.6 Å². The Kier molecular flexibility index (Phi) is 6.37. The van der Waals surface area contributed by atoms with Gasteiger partial charge in [0.05, 0.1) is 18.3 Å². The van der Waals surface area contributed by atoms with E-state index >= 15 is 0 Å². The predicted molar refractivity (Wildman–Crippen MR) is 125 cm³/mol. The van der Waals surface area contributed by atoms with Crippen molar-refractivity contribution in [2.75, 3.05) is 18.0 Å². The quantitative estimate of drug-likeness (QED) is 0.680. The minimum atomic E-state index is 0.0141. The molecule has 1 saturated heterocycles. The normalized spacial score (nSPS) is 21.6. The molecule has 3 aliphatic rings. The molecule has 2 aromatic rings. The molecule has 170 valence electrons. The molecule has 6 heteroatoms. The molecule has 6 nitrogen and oxygen atoms in total. The number of pyridine rings is 1. The second-order valence-corrected chi connectivity index (χ2v) is 9.77. The lowest BCUT2D eigenvalue weighted by Gasteiger charge is -2.37. The Hall–Kier alpha value is -2.50. The fraction of sp³-hybridized carbons (Fsp3) is 0.615. The van der Waals surface area contributed by atoms with E-state index in [0.29, 0.717) is 18.2 Å². The zero-order valence-electron chi connectivity index (χ0n) is 19.3. The summed E-state index contributed by atoms with van der Waals surface area (Å²) >= 11 is 0. The number of piperidine rings is 1. The minimum absolute atomic E-state index is 0.0141. The fourth-order valence-electron chi connectivity index (χ4n) is 5.78. The van der Waals surface area contributed by atoms with E-state index < -0.39 is 0 Å². The topological polar surface area (TPSA) is 62.2 Å². The molecule has 4 heterocycles. The fourth-order valence-corrected chi connectivity index (χ4v) is 5.78. The average Bonchev–Trinajstić information content (AvgIpc) is 3.33. The number of likely N-dealkylation sites (tertiary alicyclic amines) is 1. The summed E-state index contributed by atoms with van der Waals surface area (Å²) in [6, 6.07) is 6.09. The van der Waals surface area contributed by atoms with Gasteiger partial charge in [-0.3, -0.25) is 9.78 Å². The summed E-state index contributed by atoms with van der Waals surface area (Å²) in [5.41, 5.74) is 3.39. The molecule has 32 heavy (non-hydrogen) atoms. The highest BCUT2D eigenvalue weighted by molar-refractivity contribution is 5.77. The van der Waals surface area contributed by atoms with E-state index in [2.05, 4.69) is 27.8 Å². The summed E-state index contributed by atoms with van der Waals surface area (Å²) in [6.45, 7) is 4.70. The van der Waals surface area contributed by atoms with E-state index in [9.17, 15) is 4.79 Å². The van der Waals surface area contributed by atoms with Gasteiger partial charge in [0.1, 0.15) is 5.82 Å². The van der Waals surface area contributed by atoms with E-state index in [4.69, 9.17) is 9.97 Å². The van der Waals surface area contributed by atoms with Gasteiger partial charge in [-0.05, 0) is 69.9 Å². The van der Waals surface area contributed by atoms with Gasteiger partial charge in [0.25, 0.3) is 0 Å². The molecule has 0 N–H and O–H groups in total. The second-order valence-electron chi connectivity index (χ2n) is 9.77. The van der Waals surface area contributed by atoms with Crippen LogP contribution in [0.3, 0.4) is 0 Å². The van der Waals surface area contributed by atoms with Gasteiger partial charge in [-0.15, -0.1) is 0 Å². The first-order valence-corrected chi connectivity index (χ1v) is 12.5. The van der Waals surface area contributed by atoms with Crippen molar-refractivity contribution in [3.05, 3.63) is 47.2 Å². The Balaban J connectivity index is 1.41. The molecule has 2 aliphatic heterocycles. The van der Waals surface area contributed by atoms with Crippen LogP contribution in [0.25, 0.3) is 0 Å². The van der Waals surface area contributed by atoms with Crippen LogP contribution in [0.2, 0.25) is 0 Å². The molecule has 5 rings (SSSR count). The van der Waals surface area contributed by atoms with Gasteiger partial charge in [0.2, 0.25) is 5.91 Å². The summed E-state index contributed by atoms with van der Waals surface area (Å²) < 4.78 is 0. The van der Waals surface area contributed by atoms with Crippen molar-refractivity contribution in [2.24, 2.45) is 5.92 Å². The number of fused-ring (bicyclic) bond motifs is 1. The van der Waals surface area contributed by atoms with Crippen molar-refractivity contribution in [3.63, 3.8) is 0 Å². The van der Waals surface area contributed by atoms with Crippen LogP contribution in [0.15, 0.2) is 24.4 Å². The van der Waals surface area contributed by atoms with Crippen LogP contribution in [-0.2, 0) is 17.8 Å². The second kappa shape index (κ2) is 9.55. The first-order chi connectivity index (χ1) is 15.7. The number of anilines is 1. The van der Waals surface area contributed by atoms with E-state index in [-0.39, 0.29) is 6.04 Å². The number of rotatable bonds is 5. The number of carbonyl (C=O) groups excluding carboxylic acids is 1. The third-order valence-corrected chi connectivity index (χ3v) is 7.50. The summed E-state index contributed by atoms with van der Waals surface area (Å²) in [6.07, 6.45) is 12.9. The number of hydrogen-bond donors (Lipinski definition) is 0. The molecule has 1 amide bonds. The van der Waals surface area contributed by atoms with Gasteiger partial charge in [0.15, 0.2) is 5.82 Å². The third-order valence-electron chi connectivity index (χ3n) is 7.50. The minimum Gasteiger partial charge on any atom is -0.350 e. The highest BCUT2D eigenvalue weighted by atomic mass is 16.2. The van der Waals surface area contributed by atoms with Gasteiger partial charge in [0, 0.05) is 37.0 Å². The number of amides is 1. The number of hydrogen-bond acceptors (Lipinski definition) is 5. The van der Waals surface area contributed by atoms with Crippen molar-refractivity contribution in [1.82, 2.24) is 19.9 Å². The van der Waals surface area contributed by atoms with Gasteiger partial charge in [-0.25, -0.2) is 9.97 Å². The van der Waals surface area contributed by atoms with E-state index in [1.807, 2.05) is 18.3 Å². The largest absolute Gasteiger partial charge is 0.350 e. The molecule has 0 bridgehead atoms. The van der Waals surface area contributed by atoms with Crippen molar-refractivity contribution in [3.8, 4) is 0 Å². The molecule has 1 atom stereocenters. The molecule has 1 aliphatic carbocycles. The lowest BCUT2D eigenvalue weighted by molar-refractivity contribution is -0.136. The zero-order chi connectivity index (χ0) is 21.9. The number of nitrogens with zero attached hydrogens (tertiary/aromatic N) is 5. The molecular formula is C26H35N5O. The summed E-state index contributed by atoms with van der Waals surface area (Å²) in [7, 11) is 0. The first-order valence-electron chi connectivity index (χ1n) is 12.5. The van der Waals surface area contributed by atoms with Crippen LogP contribution < -0.4 is 4.90 Å². The molecule has 1 saturated carbocycles. The van der Waals surface area contributed by atoms with Crippen molar-refractivity contribution >= 4 is 11.7 Å². The lowest BCUT2D eigenvalue weighted by atomic mass is 9.97. The maximum absolute atomic E-state index is 13.3. The molecule has 0 aromatic carbocycles. The average molecular weight is 434 g/mol. The van der Waals surface area contributed by atoms with Gasteiger partial charge < -0.3 is 9.80 Å². The van der Waals surface area contributed by atoms with Crippen LogP contribution in [0.5, 0.6) is 0 Å². The van der Waals surface area contributed by atoms with Gasteiger partial charge >= 0.3 is 0 Å². The Bertz CT molecular complexity index is 941. The van der Waals surface area contributed by atoms with Crippen molar-refractivity contribution < 1.29 is 4.79 Å². The molecule has 0 unspecified atom stereocenters. The number of aryl methyl sites for hydroxylation is 1. The monoisotopic (exact) mass is 433 g/mol. The van der Waals surface area contributed by atoms with Crippen LogP contribution in [0.4, 0.5) is 5.82 Å². The SMILES string of the molecule is Cc1nc([C@H]2CCCCN2C(=O)CC2CCCC2)nc2c1CCCN2Cc1ccccn1. The maximum Gasteiger partial charge on any atom is 0.223 e. The molecule has 2 aromatic heterocycles. The first kappa shape index (κ1) is 21.4. The molecular weight excluding hydrogens is 398 g/mol. The Labute approximate surface area is 191 Å².